The SMILES string of the molecule is c1ccc(-c2cc(-c3cc(-c4ccc5oc6ccccc6c5c4)cc(-c4cccc5ccccc45)c3)nc(-c3ccccc3-c3ccc4ccccc4c3)n2)cc1. The fourth-order valence-corrected chi connectivity index (χ4v) is 8.24. The summed E-state index contributed by atoms with van der Waals surface area (Å²) in [7, 11) is 0. The van der Waals surface area contributed by atoms with Gasteiger partial charge in [0.2, 0.25) is 0 Å². The van der Waals surface area contributed by atoms with Crippen LogP contribution >= 0.6 is 0 Å². The molecule has 11 aromatic rings. The molecule has 0 unspecified atom stereocenters. The molecule has 0 bridgehead atoms. The Kier molecular flexibility index (Phi) is 7.82. The fraction of sp³-hybridized carbons (Fsp3) is 0. The Morgan fingerprint density at radius 1 is 0.281 bits per heavy atom. The van der Waals surface area contributed by atoms with Gasteiger partial charge in [0.15, 0.2) is 5.82 Å². The van der Waals surface area contributed by atoms with E-state index in [1.54, 1.807) is 0 Å². The van der Waals surface area contributed by atoms with E-state index in [9.17, 15) is 0 Å². The quantitative estimate of drug-likeness (QED) is 0.171. The van der Waals surface area contributed by atoms with Gasteiger partial charge in [-0.25, -0.2) is 9.97 Å². The zero-order valence-corrected chi connectivity index (χ0v) is 30.9. The molecule has 9 aromatic carbocycles. The molecule has 57 heavy (non-hydrogen) atoms. The third-order valence-electron chi connectivity index (χ3n) is 11.1. The van der Waals surface area contributed by atoms with Gasteiger partial charge in [-0.2, -0.15) is 0 Å². The van der Waals surface area contributed by atoms with Gasteiger partial charge in [0, 0.05) is 27.5 Å². The summed E-state index contributed by atoms with van der Waals surface area (Å²) < 4.78 is 6.23. The summed E-state index contributed by atoms with van der Waals surface area (Å²) in [5.41, 5.74) is 13.2. The van der Waals surface area contributed by atoms with Gasteiger partial charge in [-0.3, -0.25) is 0 Å². The van der Waals surface area contributed by atoms with Crippen LogP contribution in [0.4, 0.5) is 0 Å². The van der Waals surface area contributed by atoms with Crippen molar-refractivity contribution in [3.8, 4) is 67.3 Å². The molecular formula is C54H34N2O. The highest BCUT2D eigenvalue weighted by atomic mass is 16.3. The lowest BCUT2D eigenvalue weighted by Gasteiger charge is -2.15. The van der Waals surface area contributed by atoms with E-state index in [4.69, 9.17) is 14.4 Å². The first-order valence-corrected chi connectivity index (χ1v) is 19.3. The highest BCUT2D eigenvalue weighted by Crippen LogP contribution is 2.40. The number of nitrogens with zero attached hydrogens (tertiary/aromatic N) is 2. The Morgan fingerprint density at radius 3 is 1.77 bits per heavy atom. The molecule has 0 saturated carbocycles. The lowest BCUT2D eigenvalue weighted by atomic mass is 9.91. The van der Waals surface area contributed by atoms with Crippen molar-refractivity contribution in [1.29, 1.82) is 0 Å². The maximum Gasteiger partial charge on any atom is 0.161 e. The molecule has 0 fully saturated rings. The van der Waals surface area contributed by atoms with Crippen molar-refractivity contribution >= 4 is 43.5 Å². The van der Waals surface area contributed by atoms with Gasteiger partial charge >= 0.3 is 0 Å². The predicted molar refractivity (Wildman–Crippen MR) is 237 cm³/mol. The van der Waals surface area contributed by atoms with E-state index in [2.05, 4.69) is 188 Å². The van der Waals surface area contributed by atoms with Crippen LogP contribution < -0.4 is 0 Å². The van der Waals surface area contributed by atoms with Crippen molar-refractivity contribution in [2.45, 2.75) is 0 Å². The first-order valence-electron chi connectivity index (χ1n) is 19.3. The lowest BCUT2D eigenvalue weighted by Crippen LogP contribution is -1.98. The van der Waals surface area contributed by atoms with Crippen molar-refractivity contribution in [1.82, 2.24) is 9.97 Å². The molecule has 0 aliphatic rings. The first-order chi connectivity index (χ1) is 28.2. The summed E-state index contributed by atoms with van der Waals surface area (Å²) in [6, 6.07) is 72.9. The molecule has 11 rings (SSSR count). The smallest absolute Gasteiger partial charge is 0.161 e. The van der Waals surface area contributed by atoms with Crippen molar-refractivity contribution in [2.75, 3.05) is 0 Å². The molecule has 0 atom stereocenters. The summed E-state index contributed by atoms with van der Waals surface area (Å²) in [6.07, 6.45) is 0. The zero-order chi connectivity index (χ0) is 37.7. The second-order valence-corrected chi connectivity index (χ2v) is 14.6. The minimum absolute atomic E-state index is 0.679. The molecule has 0 radical (unpaired) electrons. The van der Waals surface area contributed by atoms with E-state index in [0.717, 1.165) is 77.8 Å². The topological polar surface area (TPSA) is 38.9 Å². The van der Waals surface area contributed by atoms with E-state index in [1.807, 2.05) is 18.2 Å². The third kappa shape index (κ3) is 5.94. The third-order valence-corrected chi connectivity index (χ3v) is 11.1. The summed E-state index contributed by atoms with van der Waals surface area (Å²) in [5.74, 6) is 0.679. The Balaban J connectivity index is 1.15. The van der Waals surface area contributed by atoms with E-state index < -0.39 is 0 Å². The fourth-order valence-electron chi connectivity index (χ4n) is 8.24. The molecule has 2 heterocycles. The second kappa shape index (κ2) is 13.6. The largest absolute Gasteiger partial charge is 0.456 e. The average Bonchev–Trinajstić information content (AvgIpc) is 3.67. The van der Waals surface area contributed by atoms with E-state index in [1.165, 1.54) is 27.1 Å². The van der Waals surface area contributed by atoms with Crippen LogP contribution in [0.3, 0.4) is 0 Å². The monoisotopic (exact) mass is 726 g/mol. The molecule has 0 amide bonds. The minimum Gasteiger partial charge on any atom is -0.456 e. The molecule has 0 N–H and O–H groups in total. The van der Waals surface area contributed by atoms with Crippen molar-refractivity contribution < 1.29 is 4.42 Å². The Morgan fingerprint density at radius 2 is 0.895 bits per heavy atom. The summed E-state index contributed by atoms with van der Waals surface area (Å²) in [6.45, 7) is 0. The number of para-hydroxylation sites is 1. The van der Waals surface area contributed by atoms with Crippen molar-refractivity contribution in [3.05, 3.63) is 206 Å². The number of furan rings is 1. The lowest BCUT2D eigenvalue weighted by molar-refractivity contribution is 0.669. The average molecular weight is 727 g/mol. The van der Waals surface area contributed by atoms with Gasteiger partial charge in [-0.1, -0.05) is 158 Å². The van der Waals surface area contributed by atoms with Crippen LogP contribution in [-0.2, 0) is 0 Å². The van der Waals surface area contributed by atoms with Gasteiger partial charge in [-0.05, 0) is 103 Å². The number of aromatic nitrogens is 2. The van der Waals surface area contributed by atoms with Crippen LogP contribution in [-0.4, -0.2) is 9.97 Å². The molecule has 0 aliphatic heterocycles. The molecule has 0 spiro atoms. The van der Waals surface area contributed by atoms with Crippen molar-refractivity contribution in [2.24, 2.45) is 0 Å². The van der Waals surface area contributed by atoms with E-state index in [-0.39, 0.29) is 0 Å². The molecule has 266 valence electrons. The Labute approximate surface area is 330 Å². The molecule has 2 aromatic heterocycles. The molecule has 3 heteroatoms. The number of hydrogen-bond donors (Lipinski definition) is 0. The van der Waals surface area contributed by atoms with Gasteiger partial charge in [0.1, 0.15) is 11.2 Å². The Bertz CT molecular complexity index is 3300. The van der Waals surface area contributed by atoms with Crippen LogP contribution in [0.25, 0.3) is 111 Å². The highest BCUT2D eigenvalue weighted by Gasteiger charge is 2.18. The second-order valence-electron chi connectivity index (χ2n) is 14.6. The standard InChI is InChI=1S/C54H34N2O/c1-2-15-37(16-3-1)50-34-51(56-54(55-50)48-22-9-8-20-45(48)40-26-25-35-13-4-5-17-38(35)29-40)43-31-41(30-42(32-43)46-23-12-18-36-14-6-7-19-44(36)46)39-27-28-53-49(33-39)47-21-10-11-24-52(47)57-53/h1-34H. The number of hydrogen-bond acceptors (Lipinski definition) is 3. The van der Waals surface area contributed by atoms with Crippen LogP contribution in [0, 0.1) is 0 Å². The first kappa shape index (κ1) is 32.8. The van der Waals surface area contributed by atoms with Crippen LogP contribution in [0.15, 0.2) is 211 Å². The van der Waals surface area contributed by atoms with Gasteiger partial charge < -0.3 is 4.42 Å². The molecule has 3 nitrogen and oxygen atoms in total. The normalized spacial score (nSPS) is 11.5. The Hall–Kier alpha value is -7.62. The summed E-state index contributed by atoms with van der Waals surface area (Å²) >= 11 is 0. The zero-order valence-electron chi connectivity index (χ0n) is 30.9. The van der Waals surface area contributed by atoms with Crippen LogP contribution in [0.1, 0.15) is 0 Å². The summed E-state index contributed by atoms with van der Waals surface area (Å²) in [5, 5.41) is 7.03. The van der Waals surface area contributed by atoms with Gasteiger partial charge in [0.05, 0.1) is 11.4 Å². The minimum atomic E-state index is 0.679. The van der Waals surface area contributed by atoms with Gasteiger partial charge in [-0.15, -0.1) is 0 Å². The summed E-state index contributed by atoms with van der Waals surface area (Å²) in [4.78, 5) is 10.7. The van der Waals surface area contributed by atoms with Gasteiger partial charge in [0.25, 0.3) is 0 Å². The number of rotatable bonds is 6. The molecule has 0 aliphatic carbocycles. The molecular weight excluding hydrogens is 693 g/mol. The number of fused-ring (bicyclic) bond motifs is 5. The maximum atomic E-state index is 6.23. The van der Waals surface area contributed by atoms with E-state index >= 15 is 0 Å². The maximum absolute atomic E-state index is 6.23. The predicted octanol–water partition coefficient (Wildman–Crippen LogP) is 14.7. The van der Waals surface area contributed by atoms with Crippen LogP contribution in [0.2, 0.25) is 0 Å². The van der Waals surface area contributed by atoms with E-state index in [0.29, 0.717) is 5.82 Å². The highest BCUT2D eigenvalue weighted by molar-refractivity contribution is 6.06. The van der Waals surface area contributed by atoms with Crippen molar-refractivity contribution in [3.63, 3.8) is 0 Å². The molecule has 0 saturated heterocycles. The van der Waals surface area contributed by atoms with Crippen LogP contribution in [0.5, 0.6) is 0 Å². The number of benzene rings is 9.